The van der Waals surface area contributed by atoms with Crippen LogP contribution in [-0.4, -0.2) is 36.6 Å². The zero-order chi connectivity index (χ0) is 15.7. The molecule has 5 nitrogen and oxygen atoms in total. The number of aliphatic carboxylic acids is 1. The van der Waals surface area contributed by atoms with E-state index in [2.05, 4.69) is 0 Å². The monoisotopic (exact) mass is 306 g/mol. The zero-order valence-electron chi connectivity index (χ0n) is 12.3. The van der Waals surface area contributed by atoms with Crippen LogP contribution in [0.4, 0.5) is 15.8 Å². The molecule has 2 fully saturated rings. The van der Waals surface area contributed by atoms with Crippen molar-refractivity contribution in [2.24, 2.45) is 5.92 Å². The molecule has 0 aliphatic carbocycles. The normalized spacial score (nSPS) is 22.2. The molecule has 0 spiro atoms. The molecule has 1 N–H and O–H groups in total. The number of carbonyl (C=O) groups is 2. The van der Waals surface area contributed by atoms with Crippen molar-refractivity contribution in [3.05, 3.63) is 24.0 Å². The lowest BCUT2D eigenvalue weighted by molar-refractivity contribution is -0.141. The number of halogens is 1. The minimum absolute atomic E-state index is 0.0230. The van der Waals surface area contributed by atoms with E-state index in [1.165, 1.54) is 17.4 Å². The second kappa shape index (κ2) is 5.94. The van der Waals surface area contributed by atoms with Gasteiger partial charge in [-0.15, -0.1) is 0 Å². The Balaban J connectivity index is 1.80. The van der Waals surface area contributed by atoms with Gasteiger partial charge in [0, 0.05) is 31.7 Å². The van der Waals surface area contributed by atoms with Gasteiger partial charge in [-0.1, -0.05) is 0 Å². The Kier molecular flexibility index (Phi) is 4.00. The summed E-state index contributed by atoms with van der Waals surface area (Å²) in [5.74, 6) is -2.32. The number of nitrogens with zero attached hydrogens (tertiary/aromatic N) is 2. The molecule has 2 saturated heterocycles. The minimum Gasteiger partial charge on any atom is -0.481 e. The molecular weight excluding hydrogens is 287 g/mol. The number of anilines is 2. The zero-order valence-corrected chi connectivity index (χ0v) is 12.3. The average Bonchev–Trinajstić information content (AvgIpc) is 2.90. The van der Waals surface area contributed by atoms with Crippen molar-refractivity contribution in [1.29, 1.82) is 0 Å². The molecule has 0 aromatic heterocycles. The molecular formula is C16H19FN2O3. The Bertz CT molecular complexity index is 599. The highest BCUT2D eigenvalue weighted by Crippen LogP contribution is 2.30. The number of benzene rings is 1. The summed E-state index contributed by atoms with van der Waals surface area (Å²) < 4.78 is 14.4. The number of rotatable bonds is 3. The van der Waals surface area contributed by atoms with Crippen LogP contribution in [0, 0.1) is 11.7 Å². The quantitative estimate of drug-likeness (QED) is 0.930. The van der Waals surface area contributed by atoms with Gasteiger partial charge in [-0.05, 0) is 37.5 Å². The second-order valence-electron chi connectivity index (χ2n) is 5.93. The molecule has 2 aliphatic heterocycles. The maximum Gasteiger partial charge on any atom is 0.308 e. The Labute approximate surface area is 128 Å². The van der Waals surface area contributed by atoms with Gasteiger partial charge in [0.05, 0.1) is 11.6 Å². The standard InChI is InChI=1S/C16H19FN2O3/c17-13-9-12(19-10-11(16(21)22)8-15(19)20)4-5-14(13)18-6-2-1-3-7-18/h4-5,9,11H,1-3,6-8,10H2,(H,21,22). The number of hydrogen-bond donors (Lipinski definition) is 1. The first-order chi connectivity index (χ1) is 10.6. The molecule has 2 aliphatic rings. The van der Waals surface area contributed by atoms with E-state index in [1.54, 1.807) is 12.1 Å². The summed E-state index contributed by atoms with van der Waals surface area (Å²) in [4.78, 5) is 26.3. The molecule has 118 valence electrons. The number of carbonyl (C=O) groups excluding carboxylic acids is 1. The van der Waals surface area contributed by atoms with Crippen molar-refractivity contribution in [3.8, 4) is 0 Å². The summed E-state index contributed by atoms with van der Waals surface area (Å²) in [6.07, 6.45) is 3.28. The Morgan fingerprint density at radius 1 is 1.23 bits per heavy atom. The molecule has 22 heavy (non-hydrogen) atoms. The third-order valence-electron chi connectivity index (χ3n) is 4.41. The van der Waals surface area contributed by atoms with Gasteiger partial charge < -0.3 is 14.9 Å². The molecule has 1 unspecified atom stereocenters. The van der Waals surface area contributed by atoms with Crippen LogP contribution < -0.4 is 9.80 Å². The van der Waals surface area contributed by atoms with Crippen LogP contribution in [0.5, 0.6) is 0 Å². The molecule has 1 amide bonds. The highest BCUT2D eigenvalue weighted by Gasteiger charge is 2.35. The fourth-order valence-electron chi connectivity index (χ4n) is 3.18. The van der Waals surface area contributed by atoms with Crippen molar-refractivity contribution in [3.63, 3.8) is 0 Å². The number of piperidine rings is 1. The first-order valence-electron chi connectivity index (χ1n) is 7.64. The lowest BCUT2D eigenvalue weighted by Gasteiger charge is -2.29. The SMILES string of the molecule is O=C(O)C1CC(=O)N(c2ccc(N3CCCCC3)c(F)c2)C1. The molecule has 3 rings (SSSR count). The van der Waals surface area contributed by atoms with Crippen molar-refractivity contribution in [1.82, 2.24) is 0 Å². The fourth-order valence-corrected chi connectivity index (χ4v) is 3.18. The highest BCUT2D eigenvalue weighted by atomic mass is 19.1. The van der Waals surface area contributed by atoms with Gasteiger partial charge in [0.25, 0.3) is 0 Å². The first kappa shape index (κ1) is 14.8. The number of carboxylic acids is 1. The smallest absolute Gasteiger partial charge is 0.308 e. The van der Waals surface area contributed by atoms with Gasteiger partial charge in [0.15, 0.2) is 0 Å². The summed E-state index contributed by atoms with van der Waals surface area (Å²) in [5.41, 5.74) is 0.997. The van der Waals surface area contributed by atoms with Crippen LogP contribution in [0.25, 0.3) is 0 Å². The van der Waals surface area contributed by atoms with Gasteiger partial charge in [0.1, 0.15) is 5.82 Å². The van der Waals surface area contributed by atoms with Crippen molar-refractivity contribution in [2.75, 3.05) is 29.4 Å². The van der Waals surface area contributed by atoms with Crippen LogP contribution in [0.1, 0.15) is 25.7 Å². The molecule has 6 heteroatoms. The second-order valence-corrected chi connectivity index (χ2v) is 5.93. The molecule has 2 heterocycles. The van der Waals surface area contributed by atoms with Crippen molar-refractivity contribution in [2.45, 2.75) is 25.7 Å². The highest BCUT2D eigenvalue weighted by molar-refractivity contribution is 5.99. The molecule has 0 radical (unpaired) electrons. The Morgan fingerprint density at radius 2 is 1.95 bits per heavy atom. The predicted octanol–water partition coefficient (Wildman–Crippen LogP) is 2.25. The van der Waals surface area contributed by atoms with E-state index >= 15 is 0 Å². The van der Waals surface area contributed by atoms with E-state index in [0.717, 1.165) is 25.9 Å². The van der Waals surface area contributed by atoms with Gasteiger partial charge in [0.2, 0.25) is 5.91 Å². The van der Waals surface area contributed by atoms with E-state index in [-0.39, 0.29) is 24.7 Å². The number of carboxylic acid groups (broad SMARTS) is 1. The lowest BCUT2D eigenvalue weighted by atomic mass is 10.1. The molecule has 1 aromatic rings. The van der Waals surface area contributed by atoms with Crippen LogP contribution in [0.15, 0.2) is 18.2 Å². The minimum atomic E-state index is -0.985. The van der Waals surface area contributed by atoms with Gasteiger partial charge in [-0.25, -0.2) is 4.39 Å². The van der Waals surface area contributed by atoms with Gasteiger partial charge in [-0.3, -0.25) is 9.59 Å². The van der Waals surface area contributed by atoms with E-state index in [4.69, 9.17) is 5.11 Å². The summed E-state index contributed by atoms with van der Waals surface area (Å²) in [5, 5.41) is 9.00. The van der Waals surface area contributed by atoms with Crippen LogP contribution in [-0.2, 0) is 9.59 Å². The largest absolute Gasteiger partial charge is 0.481 e. The van der Waals surface area contributed by atoms with E-state index in [0.29, 0.717) is 11.4 Å². The molecule has 1 aromatic carbocycles. The fraction of sp³-hybridized carbons (Fsp3) is 0.500. The maximum atomic E-state index is 14.4. The third kappa shape index (κ3) is 2.77. The lowest BCUT2D eigenvalue weighted by Crippen LogP contribution is -2.30. The van der Waals surface area contributed by atoms with Crippen LogP contribution >= 0.6 is 0 Å². The number of hydrogen-bond acceptors (Lipinski definition) is 3. The topological polar surface area (TPSA) is 60.9 Å². The molecule has 0 bridgehead atoms. The van der Waals surface area contributed by atoms with Crippen LogP contribution in [0.3, 0.4) is 0 Å². The van der Waals surface area contributed by atoms with Gasteiger partial charge in [-0.2, -0.15) is 0 Å². The predicted molar refractivity (Wildman–Crippen MR) is 80.6 cm³/mol. The Morgan fingerprint density at radius 3 is 2.55 bits per heavy atom. The summed E-state index contributed by atoms with van der Waals surface area (Å²) >= 11 is 0. The number of amides is 1. The van der Waals surface area contributed by atoms with Crippen LogP contribution in [0.2, 0.25) is 0 Å². The van der Waals surface area contributed by atoms with Crippen molar-refractivity contribution < 1.29 is 19.1 Å². The first-order valence-corrected chi connectivity index (χ1v) is 7.64. The van der Waals surface area contributed by atoms with E-state index < -0.39 is 11.9 Å². The van der Waals surface area contributed by atoms with Gasteiger partial charge >= 0.3 is 5.97 Å². The van der Waals surface area contributed by atoms with E-state index in [9.17, 15) is 14.0 Å². The third-order valence-corrected chi connectivity index (χ3v) is 4.41. The summed E-state index contributed by atoms with van der Waals surface area (Å²) in [7, 11) is 0. The van der Waals surface area contributed by atoms with E-state index in [1.807, 2.05) is 4.90 Å². The maximum absolute atomic E-state index is 14.4. The average molecular weight is 306 g/mol. The summed E-state index contributed by atoms with van der Waals surface area (Å²) in [6, 6.07) is 4.73. The molecule has 0 saturated carbocycles. The molecule has 1 atom stereocenters. The Hall–Kier alpha value is -2.11. The summed E-state index contributed by atoms with van der Waals surface area (Å²) in [6.45, 7) is 1.80. The van der Waals surface area contributed by atoms with Crippen molar-refractivity contribution >= 4 is 23.3 Å².